The van der Waals surface area contributed by atoms with Crippen molar-refractivity contribution in [2.45, 2.75) is 71.1 Å². The second-order valence-electron chi connectivity index (χ2n) is 8.25. The number of fused-ring (bicyclic) bond motifs is 3. The zero-order chi connectivity index (χ0) is 16.8. The van der Waals surface area contributed by atoms with Crippen LogP contribution in [0.2, 0.25) is 0 Å². The predicted octanol–water partition coefficient (Wildman–Crippen LogP) is 5.11. The van der Waals surface area contributed by atoms with Crippen molar-refractivity contribution in [2.75, 3.05) is 0 Å². The Morgan fingerprint density at radius 1 is 1.26 bits per heavy atom. The van der Waals surface area contributed by atoms with Gasteiger partial charge in [-0.25, -0.2) is 0 Å². The molecule has 0 heterocycles. The summed E-state index contributed by atoms with van der Waals surface area (Å²) >= 11 is 0. The summed E-state index contributed by atoms with van der Waals surface area (Å²) in [4.78, 5) is 23.2. The van der Waals surface area contributed by atoms with Crippen molar-refractivity contribution in [1.82, 2.24) is 0 Å². The molecule has 3 rings (SSSR count). The molecule has 1 saturated carbocycles. The largest absolute Gasteiger partial charge is 0.292 e. The van der Waals surface area contributed by atoms with Crippen LogP contribution in [0.3, 0.4) is 0 Å². The minimum Gasteiger partial charge on any atom is -0.268 e. The number of hydrogen-bond donors (Lipinski definition) is 0. The average molecular weight is 313 g/mol. The van der Waals surface area contributed by atoms with Gasteiger partial charge in [-0.3, -0.25) is 4.79 Å². The van der Waals surface area contributed by atoms with Crippen LogP contribution in [0.4, 0.5) is 0 Å². The maximum absolute atomic E-state index is 12.3. The van der Waals surface area contributed by atoms with Crippen molar-refractivity contribution in [2.24, 2.45) is 16.5 Å². The van der Waals surface area contributed by atoms with Gasteiger partial charge in [0.2, 0.25) is 0 Å². The molecule has 23 heavy (non-hydrogen) atoms. The monoisotopic (exact) mass is 313 g/mol. The Morgan fingerprint density at radius 2 is 2.00 bits per heavy atom. The van der Waals surface area contributed by atoms with Gasteiger partial charge in [-0.2, -0.15) is 0 Å². The van der Waals surface area contributed by atoms with E-state index in [2.05, 4.69) is 44.1 Å². The molecule has 3 nitrogen and oxygen atoms in total. The normalized spacial score (nSPS) is 33.0. The number of hydrogen-bond acceptors (Lipinski definition) is 2. The Hall–Kier alpha value is -1.51. The number of nitroso groups, excluding NO2 is 1. The van der Waals surface area contributed by atoms with E-state index in [9.17, 15) is 9.70 Å². The molecule has 0 spiro atoms. The molecule has 3 heteroatoms. The van der Waals surface area contributed by atoms with E-state index in [-0.39, 0.29) is 11.3 Å². The third kappa shape index (κ3) is 2.36. The standard InChI is InChI=1S/C20H27NO2/c1-13(2)14-6-8-16-15(12-14)7-9-17-19(16,3)10-5-11-20(17,4)18(22)21-23/h6,8,12-13,17H,5,7,9-11H2,1-4H3/t17?,19-,20-/m1/s1. The molecular weight excluding hydrogens is 286 g/mol. The van der Waals surface area contributed by atoms with Crippen LogP contribution in [0, 0.1) is 16.2 Å². The third-order valence-corrected chi connectivity index (χ3v) is 6.62. The zero-order valence-corrected chi connectivity index (χ0v) is 14.7. The highest BCUT2D eigenvalue weighted by molar-refractivity contribution is 5.83. The summed E-state index contributed by atoms with van der Waals surface area (Å²) in [6.07, 6.45) is 4.83. The van der Waals surface area contributed by atoms with Gasteiger partial charge in [0.1, 0.15) is 0 Å². The summed E-state index contributed by atoms with van der Waals surface area (Å²) < 4.78 is 0. The minimum atomic E-state index is -0.594. The Labute approximate surface area is 138 Å². The van der Waals surface area contributed by atoms with Gasteiger partial charge in [-0.1, -0.05) is 52.3 Å². The topological polar surface area (TPSA) is 46.5 Å². The van der Waals surface area contributed by atoms with Crippen molar-refractivity contribution in [3.8, 4) is 0 Å². The lowest BCUT2D eigenvalue weighted by molar-refractivity contribution is -0.135. The Bertz CT molecular complexity index is 651. The molecule has 0 saturated heterocycles. The van der Waals surface area contributed by atoms with E-state index in [4.69, 9.17) is 0 Å². The number of nitrogens with zero attached hydrogens (tertiary/aromatic N) is 1. The van der Waals surface area contributed by atoms with Crippen molar-refractivity contribution < 1.29 is 4.79 Å². The average Bonchev–Trinajstić information content (AvgIpc) is 2.53. The lowest BCUT2D eigenvalue weighted by Gasteiger charge is -2.53. The lowest BCUT2D eigenvalue weighted by atomic mass is 9.49. The van der Waals surface area contributed by atoms with Gasteiger partial charge in [0.05, 0.1) is 5.41 Å². The summed E-state index contributed by atoms with van der Waals surface area (Å²) in [5, 5.41) is 2.81. The minimum absolute atomic E-state index is 0.0174. The lowest BCUT2D eigenvalue weighted by Crippen LogP contribution is -2.52. The number of rotatable bonds is 2. The number of amides is 1. The SMILES string of the molecule is CC(C)c1ccc2c(c1)CCC1[C@](C)(C(=O)N=O)CCC[C@]21C. The Kier molecular flexibility index (Phi) is 3.94. The van der Waals surface area contributed by atoms with E-state index in [1.54, 1.807) is 0 Å². The van der Waals surface area contributed by atoms with Crippen LogP contribution in [0.5, 0.6) is 0 Å². The van der Waals surface area contributed by atoms with E-state index in [1.165, 1.54) is 16.7 Å². The predicted molar refractivity (Wildman–Crippen MR) is 92.5 cm³/mol. The van der Waals surface area contributed by atoms with Gasteiger partial charge in [0, 0.05) is 5.18 Å². The first-order valence-corrected chi connectivity index (χ1v) is 8.84. The molecular formula is C20H27NO2. The van der Waals surface area contributed by atoms with E-state index < -0.39 is 11.3 Å². The van der Waals surface area contributed by atoms with Crippen molar-refractivity contribution >= 4 is 5.91 Å². The molecule has 0 aromatic heterocycles. The summed E-state index contributed by atoms with van der Waals surface area (Å²) in [5.74, 6) is 0.297. The van der Waals surface area contributed by atoms with Crippen LogP contribution in [0.25, 0.3) is 0 Å². The summed E-state index contributed by atoms with van der Waals surface area (Å²) in [5.41, 5.74) is 3.60. The number of carbonyl (C=O) groups excluding carboxylic acids is 1. The van der Waals surface area contributed by atoms with Crippen molar-refractivity contribution in [3.63, 3.8) is 0 Å². The Balaban J connectivity index is 2.07. The van der Waals surface area contributed by atoms with Gasteiger partial charge in [-0.15, -0.1) is 4.91 Å². The fourth-order valence-electron chi connectivity index (χ4n) is 5.23. The van der Waals surface area contributed by atoms with Crippen LogP contribution < -0.4 is 0 Å². The highest BCUT2D eigenvalue weighted by atomic mass is 16.3. The summed E-state index contributed by atoms with van der Waals surface area (Å²) in [6.45, 7) is 8.70. The molecule has 0 bridgehead atoms. The van der Waals surface area contributed by atoms with Gasteiger partial charge in [0.25, 0.3) is 5.91 Å². The molecule has 2 aliphatic rings. The van der Waals surface area contributed by atoms with Crippen LogP contribution >= 0.6 is 0 Å². The molecule has 3 atom stereocenters. The molecule has 1 amide bonds. The molecule has 1 aromatic carbocycles. The summed E-state index contributed by atoms with van der Waals surface area (Å²) in [6, 6.07) is 6.87. The fourth-order valence-corrected chi connectivity index (χ4v) is 5.23. The van der Waals surface area contributed by atoms with E-state index in [1.807, 2.05) is 6.92 Å². The van der Waals surface area contributed by atoms with Crippen molar-refractivity contribution in [3.05, 3.63) is 39.8 Å². The highest BCUT2D eigenvalue weighted by Crippen LogP contribution is 2.57. The molecule has 2 aliphatic carbocycles. The maximum atomic E-state index is 12.3. The molecule has 0 radical (unpaired) electrons. The number of carbonyl (C=O) groups is 1. The zero-order valence-electron chi connectivity index (χ0n) is 14.7. The van der Waals surface area contributed by atoms with Crippen LogP contribution in [0.1, 0.15) is 76.0 Å². The molecule has 124 valence electrons. The van der Waals surface area contributed by atoms with E-state index >= 15 is 0 Å². The van der Waals surface area contributed by atoms with Gasteiger partial charge < -0.3 is 0 Å². The molecule has 1 fully saturated rings. The van der Waals surface area contributed by atoms with Gasteiger partial charge >= 0.3 is 0 Å². The Morgan fingerprint density at radius 3 is 2.65 bits per heavy atom. The van der Waals surface area contributed by atoms with Crippen molar-refractivity contribution in [1.29, 1.82) is 0 Å². The molecule has 0 aliphatic heterocycles. The first kappa shape index (κ1) is 16.4. The number of aryl methyl sites for hydroxylation is 1. The fraction of sp³-hybridized carbons (Fsp3) is 0.650. The quantitative estimate of drug-likeness (QED) is 0.712. The third-order valence-electron chi connectivity index (χ3n) is 6.62. The first-order valence-electron chi connectivity index (χ1n) is 8.84. The second-order valence-corrected chi connectivity index (χ2v) is 8.25. The smallest absolute Gasteiger partial charge is 0.268 e. The first-order chi connectivity index (χ1) is 10.8. The summed E-state index contributed by atoms with van der Waals surface area (Å²) in [7, 11) is 0. The second kappa shape index (κ2) is 5.54. The number of benzene rings is 1. The van der Waals surface area contributed by atoms with Gasteiger partial charge in [0.15, 0.2) is 0 Å². The van der Waals surface area contributed by atoms with E-state index in [0.29, 0.717) is 5.92 Å². The van der Waals surface area contributed by atoms with Crippen LogP contribution in [-0.2, 0) is 16.6 Å². The molecule has 0 N–H and O–H groups in total. The molecule has 1 unspecified atom stereocenters. The highest BCUT2D eigenvalue weighted by Gasteiger charge is 2.55. The van der Waals surface area contributed by atoms with Crippen LogP contribution in [-0.4, -0.2) is 5.91 Å². The van der Waals surface area contributed by atoms with E-state index in [0.717, 1.165) is 32.1 Å². The molecule has 1 aromatic rings. The van der Waals surface area contributed by atoms with Gasteiger partial charge in [-0.05, 0) is 59.6 Å². The van der Waals surface area contributed by atoms with Crippen LogP contribution in [0.15, 0.2) is 23.4 Å². The maximum Gasteiger partial charge on any atom is 0.292 e.